The summed E-state index contributed by atoms with van der Waals surface area (Å²) < 4.78 is 26.7. The summed E-state index contributed by atoms with van der Waals surface area (Å²) in [4.78, 5) is 27.9. The average Bonchev–Trinajstić information content (AvgIpc) is 2.74. The molecule has 1 atom stereocenters. The average molecular weight is 488 g/mol. The summed E-state index contributed by atoms with van der Waals surface area (Å²) in [6.45, 7) is 11.1. The van der Waals surface area contributed by atoms with E-state index >= 15 is 0 Å². The molecule has 0 aliphatic heterocycles. The van der Waals surface area contributed by atoms with Gasteiger partial charge in [-0.3, -0.25) is 13.9 Å². The number of nitrogens with one attached hydrogen (secondary N) is 1. The second-order valence-corrected chi connectivity index (χ2v) is 11.2. The highest BCUT2D eigenvalue weighted by Gasteiger charge is 2.31. The first-order chi connectivity index (χ1) is 15.8. The summed E-state index contributed by atoms with van der Waals surface area (Å²) in [6, 6.07) is 14.0. The van der Waals surface area contributed by atoms with Gasteiger partial charge in [0.15, 0.2) is 0 Å². The van der Waals surface area contributed by atoms with Gasteiger partial charge in [-0.25, -0.2) is 8.42 Å². The highest BCUT2D eigenvalue weighted by atomic mass is 32.2. The normalized spacial score (nSPS) is 12.5. The molecule has 1 N–H and O–H groups in total. The van der Waals surface area contributed by atoms with Gasteiger partial charge >= 0.3 is 0 Å². The molecule has 0 saturated heterocycles. The maximum absolute atomic E-state index is 13.6. The Bertz CT molecular complexity index is 1110. The topological polar surface area (TPSA) is 86.8 Å². The first kappa shape index (κ1) is 27.4. The third-order valence-corrected chi connectivity index (χ3v) is 6.67. The van der Waals surface area contributed by atoms with E-state index < -0.39 is 28.5 Å². The minimum atomic E-state index is -3.76. The number of sulfonamides is 1. The second-order valence-electron chi connectivity index (χ2n) is 9.33. The Morgan fingerprint density at radius 1 is 0.971 bits per heavy atom. The van der Waals surface area contributed by atoms with E-state index in [2.05, 4.69) is 5.32 Å². The van der Waals surface area contributed by atoms with Gasteiger partial charge in [0.25, 0.3) is 0 Å². The van der Waals surface area contributed by atoms with Gasteiger partial charge in [-0.15, -0.1) is 0 Å². The van der Waals surface area contributed by atoms with E-state index in [0.29, 0.717) is 5.69 Å². The Hall–Kier alpha value is -2.87. The minimum Gasteiger partial charge on any atom is -0.352 e. The number of rotatable bonds is 10. The minimum absolute atomic E-state index is 0.0645. The number of carbonyl (C=O) groups excluding carboxylic acids is 2. The summed E-state index contributed by atoms with van der Waals surface area (Å²) in [5.41, 5.74) is 3.21. The number of carbonyl (C=O) groups is 2. The van der Waals surface area contributed by atoms with Crippen LogP contribution in [0, 0.1) is 6.92 Å². The molecule has 186 valence electrons. The van der Waals surface area contributed by atoms with Crippen molar-refractivity contribution in [2.24, 2.45) is 0 Å². The van der Waals surface area contributed by atoms with E-state index in [1.54, 1.807) is 19.1 Å². The number of hydrogen-bond acceptors (Lipinski definition) is 4. The van der Waals surface area contributed by atoms with Gasteiger partial charge in [0.1, 0.15) is 12.6 Å². The molecule has 2 rings (SSSR count). The maximum Gasteiger partial charge on any atom is 0.244 e. The molecule has 0 aliphatic rings. The summed E-state index contributed by atoms with van der Waals surface area (Å²) in [6.07, 6.45) is 1.09. The molecule has 0 aromatic heterocycles. The standard InChI is InChI=1S/C26H37N3O4S/c1-18(2)23-13-8-9-14-24(23)29(34(7,32)33)17-25(30)28(21(6)26(31)27-19(3)4)16-22-12-10-11-20(5)15-22/h8-15,18-19,21H,16-17H2,1-7H3,(H,27,31)/t21-/m1/s1. The van der Waals surface area contributed by atoms with Crippen LogP contribution in [0.5, 0.6) is 0 Å². The van der Waals surface area contributed by atoms with Crippen LogP contribution in [-0.4, -0.2) is 50.0 Å². The maximum atomic E-state index is 13.6. The first-order valence-electron chi connectivity index (χ1n) is 11.5. The summed E-state index contributed by atoms with van der Waals surface area (Å²) in [5, 5.41) is 2.85. The second kappa shape index (κ2) is 11.5. The smallest absolute Gasteiger partial charge is 0.244 e. The van der Waals surface area contributed by atoms with Gasteiger partial charge in [0.05, 0.1) is 11.9 Å². The van der Waals surface area contributed by atoms with Crippen molar-refractivity contribution in [2.45, 2.75) is 66.1 Å². The Labute approximate surface area is 204 Å². The van der Waals surface area contributed by atoms with Crippen molar-refractivity contribution in [2.75, 3.05) is 17.1 Å². The number of anilines is 1. The number of aryl methyl sites for hydroxylation is 1. The lowest BCUT2D eigenvalue weighted by Gasteiger charge is -2.32. The Kier molecular flexibility index (Phi) is 9.27. The predicted molar refractivity (Wildman–Crippen MR) is 137 cm³/mol. The highest BCUT2D eigenvalue weighted by molar-refractivity contribution is 7.92. The van der Waals surface area contributed by atoms with Gasteiger partial charge in [0.2, 0.25) is 21.8 Å². The molecular weight excluding hydrogens is 450 g/mol. The van der Waals surface area contributed by atoms with Crippen molar-refractivity contribution in [1.82, 2.24) is 10.2 Å². The zero-order valence-electron chi connectivity index (χ0n) is 21.2. The first-order valence-corrected chi connectivity index (χ1v) is 13.4. The van der Waals surface area contributed by atoms with Gasteiger partial charge in [-0.2, -0.15) is 0 Å². The van der Waals surface area contributed by atoms with Gasteiger partial charge in [-0.05, 0) is 50.8 Å². The Balaban J connectivity index is 2.46. The van der Waals surface area contributed by atoms with Crippen LogP contribution in [0.1, 0.15) is 57.2 Å². The summed E-state index contributed by atoms with van der Waals surface area (Å²) >= 11 is 0. The predicted octanol–water partition coefficient (Wildman–Crippen LogP) is 3.83. The monoisotopic (exact) mass is 487 g/mol. The van der Waals surface area contributed by atoms with Crippen LogP contribution in [0.4, 0.5) is 5.69 Å². The molecule has 8 heteroatoms. The van der Waals surface area contributed by atoms with Crippen LogP contribution in [-0.2, 0) is 26.2 Å². The summed E-state index contributed by atoms with van der Waals surface area (Å²) in [5.74, 6) is -0.670. The zero-order valence-corrected chi connectivity index (χ0v) is 22.0. The van der Waals surface area contributed by atoms with Gasteiger partial charge < -0.3 is 10.2 Å². The summed E-state index contributed by atoms with van der Waals surface area (Å²) in [7, 11) is -3.76. The highest BCUT2D eigenvalue weighted by Crippen LogP contribution is 2.29. The van der Waals surface area contributed by atoms with Crippen LogP contribution >= 0.6 is 0 Å². The van der Waals surface area contributed by atoms with Crippen LogP contribution < -0.4 is 9.62 Å². The zero-order chi connectivity index (χ0) is 25.6. The fourth-order valence-corrected chi connectivity index (χ4v) is 4.66. The SMILES string of the molecule is Cc1cccc(CN(C(=O)CN(c2ccccc2C(C)C)S(C)(=O)=O)[C@H](C)C(=O)NC(C)C)c1. The molecule has 0 aliphatic carbocycles. The Morgan fingerprint density at radius 3 is 2.18 bits per heavy atom. The van der Waals surface area contributed by atoms with Crippen LogP contribution in [0.3, 0.4) is 0 Å². The molecule has 0 unspecified atom stereocenters. The van der Waals surface area contributed by atoms with E-state index in [0.717, 1.165) is 27.3 Å². The molecule has 2 aromatic rings. The lowest BCUT2D eigenvalue weighted by molar-refractivity contribution is -0.139. The van der Waals surface area contributed by atoms with E-state index in [9.17, 15) is 18.0 Å². The van der Waals surface area contributed by atoms with E-state index in [-0.39, 0.29) is 24.4 Å². The van der Waals surface area contributed by atoms with Crippen molar-refractivity contribution in [3.05, 3.63) is 65.2 Å². The number of amides is 2. The number of benzene rings is 2. The molecule has 0 fully saturated rings. The lowest BCUT2D eigenvalue weighted by Crippen LogP contribution is -2.52. The fourth-order valence-electron chi connectivity index (χ4n) is 3.79. The number of para-hydroxylation sites is 1. The molecule has 0 radical (unpaired) electrons. The third kappa shape index (κ3) is 7.32. The van der Waals surface area contributed by atoms with Crippen molar-refractivity contribution >= 4 is 27.5 Å². The van der Waals surface area contributed by atoms with Crippen LogP contribution in [0.15, 0.2) is 48.5 Å². The number of hydrogen-bond donors (Lipinski definition) is 1. The van der Waals surface area contributed by atoms with Gasteiger partial charge in [-0.1, -0.05) is 61.9 Å². The molecule has 34 heavy (non-hydrogen) atoms. The van der Waals surface area contributed by atoms with Crippen molar-refractivity contribution in [3.63, 3.8) is 0 Å². The van der Waals surface area contributed by atoms with Crippen LogP contribution in [0.2, 0.25) is 0 Å². The third-order valence-electron chi connectivity index (χ3n) is 5.54. The van der Waals surface area contributed by atoms with Crippen molar-refractivity contribution in [3.8, 4) is 0 Å². The number of nitrogens with zero attached hydrogens (tertiary/aromatic N) is 2. The van der Waals surface area contributed by atoms with Gasteiger partial charge in [0, 0.05) is 12.6 Å². The largest absolute Gasteiger partial charge is 0.352 e. The van der Waals surface area contributed by atoms with Crippen molar-refractivity contribution in [1.29, 1.82) is 0 Å². The quantitative estimate of drug-likeness (QED) is 0.552. The molecule has 7 nitrogen and oxygen atoms in total. The molecule has 0 heterocycles. The van der Waals surface area contributed by atoms with E-state index in [1.165, 1.54) is 4.90 Å². The molecule has 2 amide bonds. The van der Waals surface area contributed by atoms with E-state index in [4.69, 9.17) is 0 Å². The molecule has 2 aromatic carbocycles. The lowest BCUT2D eigenvalue weighted by atomic mass is 10.0. The fraction of sp³-hybridized carbons (Fsp3) is 0.462. The Morgan fingerprint density at radius 2 is 1.62 bits per heavy atom. The van der Waals surface area contributed by atoms with E-state index in [1.807, 2.05) is 71.0 Å². The molecule has 0 saturated carbocycles. The van der Waals surface area contributed by atoms with Crippen LogP contribution in [0.25, 0.3) is 0 Å². The molecular formula is C26H37N3O4S. The molecule has 0 bridgehead atoms. The molecule has 0 spiro atoms. The van der Waals surface area contributed by atoms with Crippen molar-refractivity contribution < 1.29 is 18.0 Å².